The molecule has 3 heterocycles. The number of rotatable bonds is 3. The number of hydrogen-bond acceptors (Lipinski definition) is 5. The fraction of sp³-hybridized carbons (Fsp3) is 0.318. The van der Waals surface area contributed by atoms with Gasteiger partial charge in [-0.1, -0.05) is 17.7 Å². The van der Waals surface area contributed by atoms with Gasteiger partial charge in [0.05, 0.1) is 5.69 Å². The van der Waals surface area contributed by atoms with Crippen LogP contribution in [0.1, 0.15) is 26.5 Å². The average Bonchev–Trinajstić information content (AvgIpc) is 3.07. The Morgan fingerprint density at radius 2 is 1.68 bits per heavy atom. The van der Waals surface area contributed by atoms with Crippen LogP contribution >= 0.6 is 11.3 Å². The molecule has 0 aliphatic carbocycles. The van der Waals surface area contributed by atoms with E-state index in [0.717, 1.165) is 40.7 Å². The van der Waals surface area contributed by atoms with Crippen LogP contribution in [-0.2, 0) is 0 Å². The zero-order valence-electron chi connectivity index (χ0n) is 16.5. The Bertz CT molecular complexity index is 951. The minimum atomic E-state index is 0.109. The molecule has 0 radical (unpaired) electrons. The van der Waals surface area contributed by atoms with E-state index in [0.29, 0.717) is 13.1 Å². The molecule has 1 fully saturated rings. The van der Waals surface area contributed by atoms with Gasteiger partial charge in [0.2, 0.25) is 0 Å². The van der Waals surface area contributed by atoms with Crippen LogP contribution in [0.25, 0.3) is 10.6 Å². The second-order valence-corrected chi connectivity index (χ2v) is 8.41. The lowest BCUT2D eigenvalue weighted by atomic mass is 10.1. The van der Waals surface area contributed by atoms with Crippen molar-refractivity contribution < 1.29 is 4.79 Å². The van der Waals surface area contributed by atoms with Crippen LogP contribution in [0.15, 0.2) is 42.6 Å². The molecule has 144 valence electrons. The summed E-state index contributed by atoms with van der Waals surface area (Å²) in [6, 6.07) is 11.9. The molecule has 28 heavy (non-hydrogen) atoms. The molecular weight excluding hydrogens is 368 g/mol. The summed E-state index contributed by atoms with van der Waals surface area (Å²) in [4.78, 5) is 27.3. The first kappa shape index (κ1) is 18.6. The molecule has 2 aromatic heterocycles. The van der Waals surface area contributed by atoms with Gasteiger partial charge in [0.1, 0.15) is 10.8 Å². The third kappa shape index (κ3) is 3.78. The number of aryl methyl sites for hydroxylation is 3. The molecule has 1 aromatic carbocycles. The number of hydrogen-bond donors (Lipinski definition) is 0. The third-order valence-electron chi connectivity index (χ3n) is 5.21. The number of carbonyl (C=O) groups excluding carboxylic acids is 1. The lowest BCUT2D eigenvalue weighted by Crippen LogP contribution is -2.49. The van der Waals surface area contributed by atoms with E-state index in [9.17, 15) is 4.79 Å². The average molecular weight is 393 g/mol. The van der Waals surface area contributed by atoms with Crippen molar-refractivity contribution in [3.63, 3.8) is 0 Å². The maximum absolute atomic E-state index is 12.7. The third-order valence-corrected chi connectivity index (χ3v) is 6.33. The first-order valence-electron chi connectivity index (χ1n) is 9.52. The monoisotopic (exact) mass is 392 g/mol. The van der Waals surface area contributed by atoms with E-state index in [-0.39, 0.29) is 5.91 Å². The van der Waals surface area contributed by atoms with E-state index in [4.69, 9.17) is 0 Å². The summed E-state index contributed by atoms with van der Waals surface area (Å²) in [7, 11) is 0. The normalized spacial score (nSPS) is 14.4. The first-order chi connectivity index (χ1) is 13.5. The van der Waals surface area contributed by atoms with Crippen molar-refractivity contribution in [3.8, 4) is 10.6 Å². The largest absolute Gasteiger partial charge is 0.353 e. The minimum absolute atomic E-state index is 0.109. The zero-order valence-corrected chi connectivity index (χ0v) is 17.3. The molecule has 0 unspecified atom stereocenters. The number of amides is 1. The lowest BCUT2D eigenvalue weighted by molar-refractivity contribution is 0.0746. The van der Waals surface area contributed by atoms with Gasteiger partial charge in [0.25, 0.3) is 5.91 Å². The van der Waals surface area contributed by atoms with Gasteiger partial charge < -0.3 is 9.80 Å². The summed E-state index contributed by atoms with van der Waals surface area (Å²) in [5.74, 6) is 1.06. The summed E-state index contributed by atoms with van der Waals surface area (Å²) >= 11 is 1.70. The van der Waals surface area contributed by atoms with Gasteiger partial charge in [-0.2, -0.15) is 0 Å². The number of aromatic nitrogens is 2. The van der Waals surface area contributed by atoms with Crippen LogP contribution in [0.5, 0.6) is 0 Å². The van der Waals surface area contributed by atoms with Gasteiger partial charge in [0, 0.05) is 48.4 Å². The Morgan fingerprint density at radius 3 is 2.25 bits per heavy atom. The number of nitrogens with zero attached hydrogens (tertiary/aromatic N) is 4. The molecule has 0 N–H and O–H groups in total. The topological polar surface area (TPSA) is 49.3 Å². The van der Waals surface area contributed by atoms with Crippen LogP contribution in [0.2, 0.25) is 0 Å². The quantitative estimate of drug-likeness (QED) is 0.674. The maximum Gasteiger partial charge on any atom is 0.253 e. The van der Waals surface area contributed by atoms with E-state index >= 15 is 0 Å². The molecule has 1 saturated heterocycles. The Hall–Kier alpha value is -2.73. The Balaban J connectivity index is 1.39. The predicted octanol–water partition coefficient (Wildman–Crippen LogP) is 4.09. The highest BCUT2D eigenvalue weighted by atomic mass is 32.1. The molecule has 5 nitrogen and oxygen atoms in total. The van der Waals surface area contributed by atoms with Crippen LogP contribution in [0.4, 0.5) is 5.82 Å². The number of piperazine rings is 1. The van der Waals surface area contributed by atoms with E-state index in [2.05, 4.69) is 33.9 Å². The van der Waals surface area contributed by atoms with Gasteiger partial charge in [-0.3, -0.25) is 4.79 Å². The predicted molar refractivity (Wildman–Crippen MR) is 114 cm³/mol. The molecule has 0 spiro atoms. The number of thiazole rings is 1. The van der Waals surface area contributed by atoms with Crippen molar-refractivity contribution in [1.82, 2.24) is 14.9 Å². The van der Waals surface area contributed by atoms with Gasteiger partial charge in [-0.15, -0.1) is 11.3 Å². The molecule has 1 amide bonds. The first-order valence-corrected chi connectivity index (χ1v) is 10.3. The molecule has 0 atom stereocenters. The molecule has 0 saturated carbocycles. The van der Waals surface area contributed by atoms with E-state index in [1.807, 2.05) is 49.2 Å². The SMILES string of the molecule is Cc1ccc(C(=O)N2CCN(c3ccc(-c4nc(C)c(C)s4)cn3)CC2)cc1. The van der Waals surface area contributed by atoms with Gasteiger partial charge in [-0.25, -0.2) is 9.97 Å². The standard InChI is InChI=1S/C22H24N4OS/c1-15-4-6-18(7-5-15)22(27)26-12-10-25(11-13-26)20-9-8-19(14-23-20)21-24-16(2)17(3)28-21/h4-9,14H,10-13H2,1-3H3. The molecule has 6 heteroatoms. The number of carbonyl (C=O) groups is 1. The highest BCUT2D eigenvalue weighted by Crippen LogP contribution is 2.28. The molecule has 0 bridgehead atoms. The smallest absolute Gasteiger partial charge is 0.253 e. The summed E-state index contributed by atoms with van der Waals surface area (Å²) in [5.41, 5.74) is 4.06. The van der Waals surface area contributed by atoms with E-state index < -0.39 is 0 Å². The minimum Gasteiger partial charge on any atom is -0.353 e. The van der Waals surface area contributed by atoms with E-state index in [1.54, 1.807) is 11.3 Å². The van der Waals surface area contributed by atoms with Crippen LogP contribution in [-0.4, -0.2) is 47.0 Å². The second-order valence-electron chi connectivity index (χ2n) is 7.21. The summed E-state index contributed by atoms with van der Waals surface area (Å²) < 4.78 is 0. The zero-order chi connectivity index (χ0) is 19.7. The highest BCUT2D eigenvalue weighted by molar-refractivity contribution is 7.15. The van der Waals surface area contributed by atoms with Gasteiger partial charge >= 0.3 is 0 Å². The van der Waals surface area contributed by atoms with Crippen molar-refractivity contribution >= 4 is 23.1 Å². The molecule has 4 rings (SSSR count). The van der Waals surface area contributed by atoms with Crippen molar-refractivity contribution in [1.29, 1.82) is 0 Å². The Kier molecular flexibility index (Phi) is 5.13. The van der Waals surface area contributed by atoms with Crippen molar-refractivity contribution in [2.75, 3.05) is 31.1 Å². The van der Waals surface area contributed by atoms with Gasteiger partial charge in [0.15, 0.2) is 0 Å². The lowest BCUT2D eigenvalue weighted by Gasteiger charge is -2.35. The Morgan fingerprint density at radius 1 is 0.964 bits per heavy atom. The second kappa shape index (κ2) is 7.72. The van der Waals surface area contributed by atoms with Crippen molar-refractivity contribution in [2.45, 2.75) is 20.8 Å². The molecule has 3 aromatic rings. The number of benzene rings is 1. The van der Waals surface area contributed by atoms with Crippen molar-refractivity contribution in [2.24, 2.45) is 0 Å². The van der Waals surface area contributed by atoms with Gasteiger partial charge in [-0.05, 0) is 45.0 Å². The fourth-order valence-electron chi connectivity index (χ4n) is 3.31. The molecule has 1 aliphatic rings. The van der Waals surface area contributed by atoms with Crippen LogP contribution in [0, 0.1) is 20.8 Å². The highest BCUT2D eigenvalue weighted by Gasteiger charge is 2.23. The molecule has 1 aliphatic heterocycles. The van der Waals surface area contributed by atoms with E-state index in [1.165, 1.54) is 10.4 Å². The molecular formula is C22H24N4OS. The van der Waals surface area contributed by atoms with Crippen LogP contribution < -0.4 is 4.90 Å². The summed E-state index contributed by atoms with van der Waals surface area (Å²) in [5, 5.41) is 1.02. The Labute approximate surface area is 169 Å². The summed E-state index contributed by atoms with van der Waals surface area (Å²) in [6.07, 6.45) is 1.90. The van der Waals surface area contributed by atoms with Crippen LogP contribution in [0.3, 0.4) is 0 Å². The van der Waals surface area contributed by atoms with Crippen molar-refractivity contribution in [3.05, 3.63) is 64.3 Å². The number of pyridine rings is 1. The number of anilines is 1. The summed E-state index contributed by atoms with van der Waals surface area (Å²) in [6.45, 7) is 9.16. The maximum atomic E-state index is 12.7. The fourth-order valence-corrected chi connectivity index (χ4v) is 4.22.